The maximum Gasteiger partial charge on any atom is 0.217 e. The molecule has 0 fully saturated rings. The zero-order valence-corrected chi connectivity index (χ0v) is 9.98. The van der Waals surface area contributed by atoms with Gasteiger partial charge in [-0.25, -0.2) is 4.39 Å². The lowest BCUT2D eigenvalue weighted by atomic mass is 10.0. The number of benzene rings is 1. The second-order valence-corrected chi connectivity index (χ2v) is 3.96. The minimum Gasteiger partial charge on any atom is -0.352 e. The molecule has 0 bridgehead atoms. The molecule has 1 aromatic heterocycles. The van der Waals surface area contributed by atoms with Gasteiger partial charge in [0, 0.05) is 31.4 Å². The van der Waals surface area contributed by atoms with Gasteiger partial charge in [-0.1, -0.05) is 6.07 Å². The monoisotopic (exact) mass is 244 g/mol. The largest absolute Gasteiger partial charge is 0.352 e. The van der Waals surface area contributed by atoms with Crippen LogP contribution in [0, 0.1) is 5.82 Å². The SMILES string of the molecule is CC(=O)NCc1ccc(F)c(-c2ccncc2)c1. The Morgan fingerprint density at radius 2 is 2.00 bits per heavy atom. The van der Waals surface area contributed by atoms with Crippen molar-refractivity contribution in [2.75, 3.05) is 0 Å². The molecule has 92 valence electrons. The predicted octanol–water partition coefficient (Wildman–Crippen LogP) is 2.52. The fraction of sp³-hybridized carbons (Fsp3) is 0.143. The fourth-order valence-electron chi connectivity index (χ4n) is 1.66. The normalized spacial score (nSPS) is 10.1. The number of aromatic nitrogens is 1. The van der Waals surface area contributed by atoms with Gasteiger partial charge in [0.15, 0.2) is 0 Å². The van der Waals surface area contributed by atoms with Gasteiger partial charge < -0.3 is 5.32 Å². The van der Waals surface area contributed by atoms with Gasteiger partial charge in [0.05, 0.1) is 0 Å². The highest BCUT2D eigenvalue weighted by Gasteiger charge is 2.06. The van der Waals surface area contributed by atoms with Gasteiger partial charge in [0.2, 0.25) is 5.91 Å². The van der Waals surface area contributed by atoms with Crippen LogP contribution in [0.15, 0.2) is 42.7 Å². The summed E-state index contributed by atoms with van der Waals surface area (Å²) in [7, 11) is 0. The highest BCUT2D eigenvalue weighted by Crippen LogP contribution is 2.23. The highest BCUT2D eigenvalue weighted by molar-refractivity contribution is 5.73. The molecule has 0 unspecified atom stereocenters. The third-order valence-electron chi connectivity index (χ3n) is 2.56. The number of rotatable bonds is 3. The summed E-state index contributed by atoms with van der Waals surface area (Å²) >= 11 is 0. The van der Waals surface area contributed by atoms with Crippen molar-refractivity contribution in [3.8, 4) is 11.1 Å². The molecule has 0 radical (unpaired) electrons. The fourth-order valence-corrected chi connectivity index (χ4v) is 1.66. The molecule has 1 N–H and O–H groups in total. The van der Waals surface area contributed by atoms with Gasteiger partial charge in [-0.3, -0.25) is 9.78 Å². The van der Waals surface area contributed by atoms with Crippen LogP contribution >= 0.6 is 0 Å². The number of carbonyl (C=O) groups excluding carboxylic acids is 1. The number of nitrogens with one attached hydrogen (secondary N) is 1. The first-order chi connectivity index (χ1) is 8.66. The average molecular weight is 244 g/mol. The Kier molecular flexibility index (Phi) is 3.67. The van der Waals surface area contributed by atoms with E-state index in [1.807, 2.05) is 0 Å². The van der Waals surface area contributed by atoms with Crippen LogP contribution in [0.4, 0.5) is 4.39 Å². The maximum atomic E-state index is 13.7. The summed E-state index contributed by atoms with van der Waals surface area (Å²) in [6, 6.07) is 8.31. The van der Waals surface area contributed by atoms with E-state index in [4.69, 9.17) is 0 Å². The molecule has 0 spiro atoms. The first kappa shape index (κ1) is 12.2. The molecule has 0 atom stereocenters. The molecule has 0 aliphatic carbocycles. The summed E-state index contributed by atoms with van der Waals surface area (Å²) in [5.74, 6) is -0.391. The zero-order chi connectivity index (χ0) is 13.0. The molecule has 0 aliphatic heterocycles. The minimum atomic E-state index is -0.284. The number of amides is 1. The molecule has 1 heterocycles. The minimum absolute atomic E-state index is 0.107. The summed E-state index contributed by atoms with van der Waals surface area (Å²) in [6.45, 7) is 1.85. The van der Waals surface area contributed by atoms with Crippen LogP contribution in [0.1, 0.15) is 12.5 Å². The molecule has 4 heteroatoms. The van der Waals surface area contributed by atoms with E-state index in [2.05, 4.69) is 10.3 Å². The lowest BCUT2D eigenvalue weighted by Gasteiger charge is -2.07. The lowest BCUT2D eigenvalue weighted by Crippen LogP contribution is -2.18. The van der Waals surface area contributed by atoms with Gasteiger partial charge in [0.1, 0.15) is 5.82 Å². The van der Waals surface area contributed by atoms with Crippen molar-refractivity contribution in [1.29, 1.82) is 0 Å². The Morgan fingerprint density at radius 3 is 2.67 bits per heavy atom. The summed E-state index contributed by atoms with van der Waals surface area (Å²) in [4.78, 5) is 14.7. The van der Waals surface area contributed by atoms with E-state index in [0.29, 0.717) is 12.1 Å². The van der Waals surface area contributed by atoms with E-state index in [0.717, 1.165) is 11.1 Å². The van der Waals surface area contributed by atoms with Gasteiger partial charge in [-0.05, 0) is 35.4 Å². The number of halogens is 1. The molecular formula is C14H13FN2O. The maximum absolute atomic E-state index is 13.7. The number of pyridine rings is 1. The molecule has 1 aromatic carbocycles. The Balaban J connectivity index is 2.30. The molecule has 1 amide bonds. The van der Waals surface area contributed by atoms with Crippen molar-refractivity contribution in [3.63, 3.8) is 0 Å². The number of hydrogen-bond acceptors (Lipinski definition) is 2. The smallest absolute Gasteiger partial charge is 0.217 e. The van der Waals surface area contributed by atoms with Crippen LogP contribution < -0.4 is 5.32 Å². The standard InChI is InChI=1S/C14H13FN2O/c1-10(18)17-9-11-2-3-14(15)13(8-11)12-4-6-16-7-5-12/h2-8H,9H2,1H3,(H,17,18). The number of nitrogens with zero attached hydrogens (tertiary/aromatic N) is 1. The second-order valence-electron chi connectivity index (χ2n) is 3.96. The van der Waals surface area contributed by atoms with Crippen LogP contribution in [0.5, 0.6) is 0 Å². The molecular weight excluding hydrogens is 231 g/mol. The number of hydrogen-bond donors (Lipinski definition) is 1. The Morgan fingerprint density at radius 1 is 1.28 bits per heavy atom. The second kappa shape index (κ2) is 5.40. The van der Waals surface area contributed by atoms with Gasteiger partial charge in [0.25, 0.3) is 0 Å². The quantitative estimate of drug-likeness (QED) is 0.901. The molecule has 3 nitrogen and oxygen atoms in total. The average Bonchev–Trinajstić information content (AvgIpc) is 2.38. The molecule has 2 rings (SSSR count). The van der Waals surface area contributed by atoms with Gasteiger partial charge in [-0.2, -0.15) is 0 Å². The molecule has 0 saturated heterocycles. The van der Waals surface area contributed by atoms with Crippen molar-refractivity contribution in [2.45, 2.75) is 13.5 Å². The Hall–Kier alpha value is -2.23. The third kappa shape index (κ3) is 2.91. The van der Waals surface area contributed by atoms with E-state index in [1.165, 1.54) is 13.0 Å². The lowest BCUT2D eigenvalue weighted by molar-refractivity contribution is -0.119. The first-order valence-corrected chi connectivity index (χ1v) is 5.60. The van der Waals surface area contributed by atoms with E-state index >= 15 is 0 Å². The van der Waals surface area contributed by atoms with E-state index in [1.54, 1.807) is 36.7 Å². The first-order valence-electron chi connectivity index (χ1n) is 5.60. The molecule has 2 aromatic rings. The van der Waals surface area contributed by atoms with E-state index in [-0.39, 0.29) is 11.7 Å². The zero-order valence-electron chi connectivity index (χ0n) is 9.98. The van der Waals surface area contributed by atoms with Crippen molar-refractivity contribution >= 4 is 5.91 Å². The van der Waals surface area contributed by atoms with Crippen LogP contribution in [0.2, 0.25) is 0 Å². The van der Waals surface area contributed by atoms with Gasteiger partial charge in [-0.15, -0.1) is 0 Å². The topological polar surface area (TPSA) is 42.0 Å². The summed E-state index contributed by atoms with van der Waals surface area (Å²) < 4.78 is 13.7. The van der Waals surface area contributed by atoms with Crippen LogP contribution in [-0.2, 0) is 11.3 Å². The van der Waals surface area contributed by atoms with Crippen LogP contribution in [-0.4, -0.2) is 10.9 Å². The van der Waals surface area contributed by atoms with Crippen molar-refractivity contribution < 1.29 is 9.18 Å². The van der Waals surface area contributed by atoms with Crippen molar-refractivity contribution in [3.05, 3.63) is 54.1 Å². The van der Waals surface area contributed by atoms with E-state index < -0.39 is 0 Å². The Labute approximate surface area is 105 Å². The third-order valence-corrected chi connectivity index (χ3v) is 2.56. The molecule has 18 heavy (non-hydrogen) atoms. The van der Waals surface area contributed by atoms with Crippen LogP contribution in [0.25, 0.3) is 11.1 Å². The van der Waals surface area contributed by atoms with Crippen molar-refractivity contribution in [1.82, 2.24) is 10.3 Å². The number of carbonyl (C=O) groups is 1. The summed E-state index contributed by atoms with van der Waals surface area (Å²) in [5, 5.41) is 2.69. The highest BCUT2D eigenvalue weighted by atomic mass is 19.1. The van der Waals surface area contributed by atoms with E-state index in [9.17, 15) is 9.18 Å². The summed E-state index contributed by atoms with van der Waals surface area (Å²) in [5.41, 5.74) is 2.14. The van der Waals surface area contributed by atoms with Gasteiger partial charge >= 0.3 is 0 Å². The predicted molar refractivity (Wildman–Crippen MR) is 67.2 cm³/mol. The van der Waals surface area contributed by atoms with Crippen LogP contribution in [0.3, 0.4) is 0 Å². The molecule has 0 saturated carbocycles. The Bertz CT molecular complexity index is 555. The van der Waals surface area contributed by atoms with Crippen molar-refractivity contribution in [2.24, 2.45) is 0 Å². The molecule has 0 aliphatic rings. The summed E-state index contributed by atoms with van der Waals surface area (Å²) in [6.07, 6.45) is 3.24.